The van der Waals surface area contributed by atoms with Crippen LogP contribution in [-0.2, 0) is 12.3 Å². The number of hydrogen-bond acceptors (Lipinski definition) is 4. The van der Waals surface area contributed by atoms with Crippen LogP contribution in [0.1, 0.15) is 11.4 Å². The predicted molar refractivity (Wildman–Crippen MR) is 99.5 cm³/mol. The van der Waals surface area contributed by atoms with Crippen molar-refractivity contribution >= 4 is 39.2 Å². The Bertz CT molecular complexity index is 878. The molecule has 0 fully saturated rings. The SMILES string of the molecule is O=c1[nH]c(CSC(=S)NCc2ccccc2)nc2ccccc12. The molecule has 0 aliphatic rings. The van der Waals surface area contributed by atoms with E-state index < -0.39 is 0 Å². The van der Waals surface area contributed by atoms with E-state index in [4.69, 9.17) is 12.2 Å². The van der Waals surface area contributed by atoms with Gasteiger partial charge in [0.25, 0.3) is 5.56 Å². The Labute approximate surface area is 143 Å². The summed E-state index contributed by atoms with van der Waals surface area (Å²) >= 11 is 6.77. The van der Waals surface area contributed by atoms with Crippen LogP contribution in [-0.4, -0.2) is 14.3 Å². The maximum atomic E-state index is 12.0. The molecule has 0 amide bonds. The summed E-state index contributed by atoms with van der Waals surface area (Å²) in [5.74, 6) is 1.16. The molecule has 23 heavy (non-hydrogen) atoms. The molecule has 1 aromatic heterocycles. The van der Waals surface area contributed by atoms with Crippen LogP contribution in [0.4, 0.5) is 0 Å². The second-order valence-electron chi connectivity index (χ2n) is 4.95. The first kappa shape index (κ1) is 15.7. The van der Waals surface area contributed by atoms with Crippen molar-refractivity contribution < 1.29 is 0 Å². The van der Waals surface area contributed by atoms with E-state index >= 15 is 0 Å². The first-order chi connectivity index (χ1) is 11.2. The normalized spacial score (nSPS) is 10.6. The van der Waals surface area contributed by atoms with E-state index in [0.717, 1.165) is 0 Å². The smallest absolute Gasteiger partial charge is 0.258 e. The van der Waals surface area contributed by atoms with E-state index in [1.165, 1.54) is 17.3 Å². The molecular formula is C17H15N3OS2. The summed E-state index contributed by atoms with van der Waals surface area (Å²) in [4.78, 5) is 19.3. The molecule has 0 radical (unpaired) electrons. The summed E-state index contributed by atoms with van der Waals surface area (Å²) in [6.07, 6.45) is 0. The second kappa shape index (κ2) is 7.39. The molecule has 0 atom stereocenters. The number of thiocarbonyl (C=S) groups is 1. The fourth-order valence-electron chi connectivity index (χ4n) is 2.16. The van der Waals surface area contributed by atoms with Gasteiger partial charge in [0.15, 0.2) is 0 Å². The van der Waals surface area contributed by atoms with Crippen molar-refractivity contribution in [2.45, 2.75) is 12.3 Å². The number of hydrogen-bond donors (Lipinski definition) is 2. The highest BCUT2D eigenvalue weighted by Gasteiger charge is 2.05. The minimum Gasteiger partial charge on any atom is -0.367 e. The zero-order valence-corrected chi connectivity index (χ0v) is 13.9. The largest absolute Gasteiger partial charge is 0.367 e. The molecule has 4 nitrogen and oxygen atoms in total. The molecule has 0 saturated carbocycles. The molecule has 116 valence electrons. The number of thioether (sulfide) groups is 1. The Morgan fingerprint density at radius 2 is 1.87 bits per heavy atom. The van der Waals surface area contributed by atoms with Crippen LogP contribution in [0.15, 0.2) is 59.4 Å². The van der Waals surface area contributed by atoms with Crippen molar-refractivity contribution in [1.29, 1.82) is 0 Å². The number of rotatable bonds is 4. The van der Waals surface area contributed by atoms with Gasteiger partial charge >= 0.3 is 0 Å². The van der Waals surface area contributed by atoms with Crippen LogP contribution in [0.3, 0.4) is 0 Å². The first-order valence-corrected chi connectivity index (χ1v) is 8.54. The predicted octanol–water partition coefficient (Wildman–Crippen LogP) is 3.23. The molecule has 0 bridgehead atoms. The zero-order chi connectivity index (χ0) is 16.1. The Morgan fingerprint density at radius 3 is 2.70 bits per heavy atom. The van der Waals surface area contributed by atoms with Gasteiger partial charge in [-0.1, -0.05) is 66.4 Å². The van der Waals surface area contributed by atoms with Gasteiger partial charge in [-0.05, 0) is 17.7 Å². The number of fused-ring (bicyclic) bond motifs is 1. The lowest BCUT2D eigenvalue weighted by atomic mass is 10.2. The number of H-pyrrole nitrogens is 1. The van der Waals surface area contributed by atoms with Crippen LogP contribution < -0.4 is 10.9 Å². The third kappa shape index (κ3) is 4.18. The summed E-state index contributed by atoms with van der Waals surface area (Å²) in [6.45, 7) is 0.689. The Balaban J connectivity index is 1.60. The molecule has 2 aromatic carbocycles. The van der Waals surface area contributed by atoms with Crippen molar-refractivity contribution in [3.63, 3.8) is 0 Å². The minimum atomic E-state index is -0.116. The molecule has 3 aromatic rings. The van der Waals surface area contributed by atoms with Crippen LogP contribution in [0.2, 0.25) is 0 Å². The fraction of sp³-hybridized carbons (Fsp3) is 0.118. The summed E-state index contributed by atoms with van der Waals surface area (Å²) < 4.78 is 0.685. The maximum Gasteiger partial charge on any atom is 0.258 e. The third-order valence-electron chi connectivity index (χ3n) is 3.28. The molecule has 0 aliphatic carbocycles. The van der Waals surface area contributed by atoms with Gasteiger partial charge in [0, 0.05) is 6.54 Å². The molecule has 0 unspecified atom stereocenters. The lowest BCUT2D eigenvalue weighted by Gasteiger charge is -2.07. The molecule has 0 spiro atoms. The molecule has 2 N–H and O–H groups in total. The monoisotopic (exact) mass is 341 g/mol. The number of nitrogens with zero attached hydrogens (tertiary/aromatic N) is 1. The van der Waals surface area contributed by atoms with Gasteiger partial charge in [0.2, 0.25) is 0 Å². The lowest BCUT2D eigenvalue weighted by molar-refractivity contribution is 0.939. The Hall–Kier alpha value is -2.18. The van der Waals surface area contributed by atoms with Gasteiger partial charge in [0.1, 0.15) is 10.1 Å². The van der Waals surface area contributed by atoms with Crippen LogP contribution >= 0.6 is 24.0 Å². The Kier molecular flexibility index (Phi) is 5.05. The highest BCUT2D eigenvalue weighted by molar-refractivity contribution is 8.22. The van der Waals surface area contributed by atoms with E-state index in [1.807, 2.05) is 48.5 Å². The van der Waals surface area contributed by atoms with E-state index in [-0.39, 0.29) is 5.56 Å². The number of aromatic nitrogens is 2. The van der Waals surface area contributed by atoms with Gasteiger partial charge < -0.3 is 10.3 Å². The molecule has 3 rings (SSSR count). The van der Waals surface area contributed by atoms with Crippen molar-refractivity contribution in [1.82, 2.24) is 15.3 Å². The topological polar surface area (TPSA) is 57.8 Å². The van der Waals surface area contributed by atoms with Crippen molar-refractivity contribution in [3.8, 4) is 0 Å². The molecule has 6 heteroatoms. The highest BCUT2D eigenvalue weighted by atomic mass is 32.2. The third-order valence-corrected chi connectivity index (χ3v) is 4.60. The first-order valence-electron chi connectivity index (χ1n) is 7.15. The van der Waals surface area contributed by atoms with Crippen LogP contribution in [0.5, 0.6) is 0 Å². The van der Waals surface area contributed by atoms with Crippen molar-refractivity contribution in [3.05, 3.63) is 76.3 Å². The standard InChI is InChI=1S/C17H15N3OS2/c21-16-13-8-4-5-9-14(13)19-15(20-16)11-23-17(22)18-10-12-6-2-1-3-7-12/h1-9H,10-11H2,(H,18,22)(H,19,20,21). The summed E-state index contributed by atoms with van der Waals surface area (Å²) in [7, 11) is 0. The van der Waals surface area contributed by atoms with E-state index in [0.29, 0.717) is 33.3 Å². The highest BCUT2D eigenvalue weighted by Crippen LogP contribution is 2.12. The van der Waals surface area contributed by atoms with Crippen molar-refractivity contribution in [2.75, 3.05) is 0 Å². The average molecular weight is 341 g/mol. The van der Waals surface area contributed by atoms with Crippen LogP contribution in [0.25, 0.3) is 10.9 Å². The van der Waals surface area contributed by atoms with Gasteiger partial charge in [-0.2, -0.15) is 0 Å². The number of benzene rings is 2. The molecule has 1 heterocycles. The molecular weight excluding hydrogens is 326 g/mol. The number of nitrogens with one attached hydrogen (secondary N) is 2. The van der Waals surface area contributed by atoms with Crippen molar-refractivity contribution in [2.24, 2.45) is 0 Å². The van der Waals surface area contributed by atoms with Gasteiger partial charge in [-0.25, -0.2) is 4.98 Å². The van der Waals surface area contributed by atoms with Crippen LogP contribution in [0, 0.1) is 0 Å². The lowest BCUT2D eigenvalue weighted by Crippen LogP contribution is -2.18. The Morgan fingerprint density at radius 1 is 1.13 bits per heavy atom. The quantitative estimate of drug-likeness (QED) is 0.714. The summed E-state index contributed by atoms with van der Waals surface area (Å²) in [6, 6.07) is 17.4. The van der Waals surface area contributed by atoms with Gasteiger partial charge in [0.05, 0.1) is 16.7 Å². The zero-order valence-electron chi connectivity index (χ0n) is 12.3. The van der Waals surface area contributed by atoms with Gasteiger partial charge in [-0.15, -0.1) is 0 Å². The van der Waals surface area contributed by atoms with E-state index in [2.05, 4.69) is 15.3 Å². The van der Waals surface area contributed by atoms with Gasteiger partial charge in [-0.3, -0.25) is 4.79 Å². The summed E-state index contributed by atoms with van der Waals surface area (Å²) in [5, 5.41) is 3.80. The number of aromatic amines is 1. The molecule has 0 aliphatic heterocycles. The molecule has 0 saturated heterocycles. The maximum absolute atomic E-state index is 12.0. The second-order valence-corrected chi connectivity index (χ2v) is 6.60. The van der Waals surface area contributed by atoms with E-state index in [1.54, 1.807) is 6.07 Å². The summed E-state index contributed by atoms with van der Waals surface area (Å²) in [5.41, 5.74) is 1.76. The van der Waals surface area contributed by atoms with E-state index in [9.17, 15) is 4.79 Å². The number of para-hydroxylation sites is 1. The fourth-order valence-corrected chi connectivity index (χ4v) is 2.99. The minimum absolute atomic E-state index is 0.116. The average Bonchev–Trinajstić information content (AvgIpc) is 2.59.